The van der Waals surface area contributed by atoms with Crippen LogP contribution in [0.3, 0.4) is 0 Å². The van der Waals surface area contributed by atoms with Crippen LogP contribution in [-0.4, -0.2) is 27.7 Å². The molecule has 3 heterocycles. The van der Waals surface area contributed by atoms with Crippen molar-refractivity contribution >= 4 is 11.7 Å². The minimum Gasteiger partial charge on any atom is -0.467 e. The van der Waals surface area contributed by atoms with Gasteiger partial charge in [0.2, 0.25) is 11.7 Å². The molecule has 0 atom stereocenters. The lowest BCUT2D eigenvalue weighted by atomic mass is 9.87. The molecule has 7 nitrogen and oxygen atoms in total. The molecule has 3 aromatic rings. The molecule has 0 amide bonds. The van der Waals surface area contributed by atoms with Crippen molar-refractivity contribution in [1.82, 2.24) is 9.55 Å². The summed E-state index contributed by atoms with van der Waals surface area (Å²) < 4.78 is 91.0. The zero-order valence-electron chi connectivity index (χ0n) is 17.2. The molecular weight excluding hydrogens is 470 g/mol. The average Bonchev–Trinajstić information content (AvgIpc) is 3.27. The van der Waals surface area contributed by atoms with Crippen molar-refractivity contribution in [2.24, 2.45) is 0 Å². The molecule has 0 spiro atoms. The lowest BCUT2D eigenvalue weighted by Crippen LogP contribution is -2.97. The van der Waals surface area contributed by atoms with Crippen molar-refractivity contribution in [3.63, 3.8) is 0 Å². The summed E-state index contributed by atoms with van der Waals surface area (Å²) in [6.45, 7) is -0.518. The molecular formula is C21H17F6N4O3+. The Bertz CT molecular complexity index is 1310. The summed E-state index contributed by atoms with van der Waals surface area (Å²) in [6.07, 6.45) is -11.0. The molecule has 3 N–H and O–H groups in total. The van der Waals surface area contributed by atoms with Crippen molar-refractivity contribution in [1.29, 1.82) is 0 Å². The molecule has 13 heteroatoms. The predicted octanol–water partition coefficient (Wildman–Crippen LogP) is 2.04. The standard InChI is InChI=1S/C21H16F6N4O3/c22-20(23,24)19(21(25,26)27)15-16(28-14(30-19)9-8-12-5-2-1-3-6-12)31(18(33)29-17(15)32)11-13-7-4-10-34-13/h1-7,10H,8-9,11H2,(H,28,30)(H,29,32,33)/p+1. The fourth-order valence-electron chi connectivity index (χ4n) is 3.85. The summed E-state index contributed by atoms with van der Waals surface area (Å²) >= 11 is 0. The van der Waals surface area contributed by atoms with Crippen LogP contribution in [0.25, 0.3) is 0 Å². The van der Waals surface area contributed by atoms with Crippen LogP contribution in [0.2, 0.25) is 0 Å². The van der Waals surface area contributed by atoms with E-state index in [0.717, 1.165) is 0 Å². The molecule has 4 rings (SSSR count). The number of aryl methyl sites for hydroxylation is 1. The van der Waals surface area contributed by atoms with Gasteiger partial charge in [0.1, 0.15) is 11.3 Å². The van der Waals surface area contributed by atoms with Gasteiger partial charge in [0.15, 0.2) is 0 Å². The minimum absolute atomic E-state index is 0.0761. The van der Waals surface area contributed by atoms with Gasteiger partial charge in [-0.05, 0) is 24.1 Å². The first-order valence-electron chi connectivity index (χ1n) is 9.92. The second-order valence-electron chi connectivity index (χ2n) is 7.61. The van der Waals surface area contributed by atoms with Gasteiger partial charge in [-0.15, -0.1) is 0 Å². The van der Waals surface area contributed by atoms with Crippen LogP contribution < -0.4 is 21.6 Å². The van der Waals surface area contributed by atoms with Crippen LogP contribution in [-0.2, 0) is 18.5 Å². The second-order valence-corrected chi connectivity index (χ2v) is 7.61. The van der Waals surface area contributed by atoms with Crippen molar-refractivity contribution in [2.45, 2.75) is 37.3 Å². The fourth-order valence-corrected chi connectivity index (χ4v) is 3.85. The fraction of sp³-hybridized carbons (Fsp3) is 0.286. The van der Waals surface area contributed by atoms with Gasteiger partial charge in [-0.3, -0.25) is 19.3 Å². The number of rotatable bonds is 5. The minimum atomic E-state index is -5.99. The Balaban J connectivity index is 1.94. The van der Waals surface area contributed by atoms with E-state index in [-0.39, 0.29) is 18.6 Å². The number of furan rings is 1. The summed E-state index contributed by atoms with van der Waals surface area (Å²) in [5.74, 6) is -1.39. The first kappa shape index (κ1) is 23.4. The number of benzene rings is 1. The van der Waals surface area contributed by atoms with E-state index in [2.05, 4.69) is 5.32 Å². The third-order valence-electron chi connectivity index (χ3n) is 5.43. The average molecular weight is 487 g/mol. The van der Waals surface area contributed by atoms with Gasteiger partial charge in [0, 0.05) is 0 Å². The summed E-state index contributed by atoms with van der Waals surface area (Å²) in [5.41, 5.74) is -8.81. The van der Waals surface area contributed by atoms with Crippen LogP contribution in [0.1, 0.15) is 23.3 Å². The number of hydrogen-bond acceptors (Lipinski definition) is 4. The highest BCUT2D eigenvalue weighted by atomic mass is 19.4. The van der Waals surface area contributed by atoms with Crippen LogP contribution in [0, 0.1) is 0 Å². The molecule has 0 saturated heterocycles. The Kier molecular flexibility index (Phi) is 5.66. The Morgan fingerprint density at radius 1 is 0.941 bits per heavy atom. The van der Waals surface area contributed by atoms with Crippen molar-refractivity contribution in [2.75, 3.05) is 5.32 Å². The van der Waals surface area contributed by atoms with Crippen LogP contribution in [0.15, 0.2) is 62.7 Å². The Morgan fingerprint density at radius 2 is 1.62 bits per heavy atom. The Morgan fingerprint density at radius 3 is 2.21 bits per heavy atom. The van der Waals surface area contributed by atoms with E-state index >= 15 is 0 Å². The molecule has 180 valence electrons. The lowest BCUT2D eigenvalue weighted by Gasteiger charge is -2.35. The van der Waals surface area contributed by atoms with Crippen molar-refractivity contribution in [3.05, 3.63) is 86.5 Å². The maximum Gasteiger partial charge on any atom is 0.446 e. The smallest absolute Gasteiger partial charge is 0.446 e. The summed E-state index contributed by atoms with van der Waals surface area (Å²) in [5, 5.41) is 2.44. The number of fused-ring (bicyclic) bond motifs is 1. The number of anilines is 1. The molecule has 1 aliphatic rings. The monoisotopic (exact) mass is 487 g/mol. The van der Waals surface area contributed by atoms with E-state index in [0.29, 0.717) is 10.1 Å². The van der Waals surface area contributed by atoms with E-state index in [1.54, 1.807) is 35.3 Å². The van der Waals surface area contributed by atoms with Gasteiger partial charge in [-0.1, -0.05) is 30.3 Å². The molecule has 0 saturated carbocycles. The van der Waals surface area contributed by atoms with Crippen LogP contribution in [0.5, 0.6) is 0 Å². The number of aromatic amines is 1. The number of aromatic nitrogens is 2. The van der Waals surface area contributed by atoms with E-state index in [1.807, 2.05) is 0 Å². The lowest BCUT2D eigenvalue weighted by molar-refractivity contribution is -0.659. The number of amidine groups is 1. The predicted molar refractivity (Wildman–Crippen MR) is 107 cm³/mol. The third-order valence-corrected chi connectivity index (χ3v) is 5.43. The number of alkyl halides is 6. The van der Waals surface area contributed by atoms with E-state index in [9.17, 15) is 35.9 Å². The van der Waals surface area contributed by atoms with Crippen LogP contribution in [0.4, 0.5) is 32.2 Å². The zero-order chi connectivity index (χ0) is 24.7. The third kappa shape index (κ3) is 3.90. The summed E-state index contributed by atoms with van der Waals surface area (Å²) in [4.78, 5) is 28.0. The van der Waals surface area contributed by atoms with Gasteiger partial charge < -0.3 is 4.42 Å². The molecule has 0 aliphatic carbocycles. The maximum atomic E-state index is 14.2. The highest BCUT2D eigenvalue weighted by Gasteiger charge is 2.78. The normalized spacial score (nSPS) is 15.4. The largest absolute Gasteiger partial charge is 0.467 e. The topological polar surface area (TPSA) is 94.0 Å². The SMILES string of the molecule is O=c1[nH]c(=O)n(Cc2ccco2)c2c1C(C(F)(F)F)(C(F)(F)F)[NH+]=C(CCc1ccccc1)N2. The summed E-state index contributed by atoms with van der Waals surface area (Å²) in [7, 11) is 0. The molecule has 0 fully saturated rings. The van der Waals surface area contributed by atoms with Crippen molar-refractivity contribution < 1.29 is 35.8 Å². The molecule has 0 radical (unpaired) electrons. The quantitative estimate of drug-likeness (QED) is 0.481. The van der Waals surface area contributed by atoms with Gasteiger partial charge >= 0.3 is 23.6 Å². The second kappa shape index (κ2) is 8.22. The molecule has 0 bridgehead atoms. The number of nitrogens with zero attached hydrogens (tertiary/aromatic N) is 1. The summed E-state index contributed by atoms with van der Waals surface area (Å²) in [6, 6.07) is 11.2. The number of halogens is 6. The van der Waals surface area contributed by atoms with Crippen molar-refractivity contribution in [3.8, 4) is 0 Å². The van der Waals surface area contributed by atoms with Gasteiger partial charge in [0.25, 0.3) is 5.56 Å². The molecule has 1 aliphatic heterocycles. The van der Waals surface area contributed by atoms with Crippen LogP contribution >= 0.6 is 0 Å². The van der Waals surface area contributed by atoms with Gasteiger partial charge in [-0.2, -0.15) is 26.3 Å². The number of hydrogen-bond donors (Lipinski definition) is 3. The van der Waals surface area contributed by atoms with E-state index in [1.165, 1.54) is 23.4 Å². The van der Waals surface area contributed by atoms with E-state index < -0.39 is 52.9 Å². The first-order valence-corrected chi connectivity index (χ1v) is 9.92. The van der Waals surface area contributed by atoms with Gasteiger partial charge in [-0.25, -0.2) is 10.1 Å². The number of nitrogens with one attached hydrogen (secondary N) is 3. The Hall–Kier alpha value is -3.77. The molecule has 34 heavy (non-hydrogen) atoms. The molecule has 2 aromatic heterocycles. The molecule has 0 unspecified atom stereocenters. The van der Waals surface area contributed by atoms with E-state index in [4.69, 9.17) is 4.42 Å². The van der Waals surface area contributed by atoms with Gasteiger partial charge in [0.05, 0.1) is 19.2 Å². The molecule has 1 aromatic carbocycles. The Labute approximate surface area is 186 Å². The number of H-pyrrole nitrogens is 1. The zero-order valence-corrected chi connectivity index (χ0v) is 17.2. The maximum absolute atomic E-state index is 14.2. The first-order chi connectivity index (χ1) is 15.9. The highest BCUT2D eigenvalue weighted by Crippen LogP contribution is 2.48. The highest BCUT2D eigenvalue weighted by molar-refractivity contribution is 5.92.